The number of hydrogen-bond donors (Lipinski definition) is 3. The molecule has 0 aromatic heterocycles. The van der Waals surface area contributed by atoms with Crippen molar-refractivity contribution in [2.45, 2.75) is 22.8 Å². The first-order chi connectivity index (χ1) is 9.32. The fourth-order valence-corrected chi connectivity index (χ4v) is 3.45. The van der Waals surface area contributed by atoms with Gasteiger partial charge in [0.05, 0.1) is 15.9 Å². The van der Waals surface area contributed by atoms with Gasteiger partial charge >= 0.3 is 0 Å². The van der Waals surface area contributed by atoms with Gasteiger partial charge in [0, 0.05) is 16.9 Å². The minimum atomic E-state index is -3.72. The summed E-state index contributed by atoms with van der Waals surface area (Å²) in [4.78, 5) is 0.171. The lowest BCUT2D eigenvalue weighted by molar-refractivity contribution is 0.196. The number of hydrogen-bond acceptors (Lipinski definition) is 5. The van der Waals surface area contributed by atoms with Crippen LogP contribution in [0.15, 0.2) is 52.3 Å². The quantitative estimate of drug-likeness (QED) is 0.747. The molecular formula is C14H16N2O3S. The molecule has 0 fully saturated rings. The van der Waals surface area contributed by atoms with Crippen molar-refractivity contribution in [2.75, 3.05) is 11.5 Å². The van der Waals surface area contributed by atoms with E-state index >= 15 is 0 Å². The molecule has 0 aliphatic carbocycles. The Kier molecular flexibility index (Phi) is 3.69. The fourth-order valence-electron chi connectivity index (χ4n) is 1.91. The number of sulfone groups is 1. The van der Waals surface area contributed by atoms with E-state index in [0.717, 1.165) is 0 Å². The monoisotopic (exact) mass is 292 g/mol. The van der Waals surface area contributed by atoms with Crippen molar-refractivity contribution in [3.8, 4) is 0 Å². The number of nitrogen functional groups attached to an aromatic ring is 2. The molecule has 1 atom stereocenters. The third-order valence-electron chi connectivity index (χ3n) is 2.96. The minimum absolute atomic E-state index is 0.0477. The Hall–Kier alpha value is -2.05. The Morgan fingerprint density at radius 2 is 1.55 bits per heavy atom. The van der Waals surface area contributed by atoms with Crippen molar-refractivity contribution in [3.05, 3.63) is 48.0 Å². The van der Waals surface area contributed by atoms with E-state index in [2.05, 4.69) is 0 Å². The first-order valence-electron chi connectivity index (χ1n) is 6.00. The van der Waals surface area contributed by atoms with E-state index in [-0.39, 0.29) is 15.4 Å². The van der Waals surface area contributed by atoms with Gasteiger partial charge in [-0.05, 0) is 49.4 Å². The summed E-state index contributed by atoms with van der Waals surface area (Å²) >= 11 is 0. The highest BCUT2D eigenvalue weighted by Gasteiger charge is 2.23. The summed E-state index contributed by atoms with van der Waals surface area (Å²) in [6.07, 6.45) is -0.933. The molecule has 20 heavy (non-hydrogen) atoms. The average molecular weight is 292 g/mol. The van der Waals surface area contributed by atoms with Crippen LogP contribution in [0.5, 0.6) is 0 Å². The van der Waals surface area contributed by atoms with Gasteiger partial charge < -0.3 is 16.6 Å². The van der Waals surface area contributed by atoms with Crippen LogP contribution < -0.4 is 11.5 Å². The number of anilines is 2. The van der Waals surface area contributed by atoms with Gasteiger partial charge in [0.2, 0.25) is 9.84 Å². The third kappa shape index (κ3) is 2.61. The number of nitrogens with two attached hydrogens (primary N) is 2. The van der Waals surface area contributed by atoms with Crippen LogP contribution in [0.25, 0.3) is 0 Å². The molecule has 2 aromatic carbocycles. The molecule has 2 rings (SSSR count). The van der Waals surface area contributed by atoms with Gasteiger partial charge in [-0.3, -0.25) is 0 Å². The maximum atomic E-state index is 12.6. The first-order valence-corrected chi connectivity index (χ1v) is 7.49. The Morgan fingerprint density at radius 1 is 1.00 bits per heavy atom. The average Bonchev–Trinajstić information content (AvgIpc) is 2.38. The summed E-state index contributed by atoms with van der Waals surface area (Å²) in [6.45, 7) is 1.50. The van der Waals surface area contributed by atoms with Gasteiger partial charge in [-0.1, -0.05) is 0 Å². The maximum absolute atomic E-state index is 12.6. The molecule has 5 N–H and O–H groups in total. The zero-order valence-corrected chi connectivity index (χ0v) is 11.8. The smallest absolute Gasteiger partial charge is 0.206 e. The zero-order valence-electron chi connectivity index (χ0n) is 10.9. The van der Waals surface area contributed by atoms with E-state index < -0.39 is 15.9 Å². The zero-order chi connectivity index (χ0) is 14.9. The van der Waals surface area contributed by atoms with Crippen molar-refractivity contribution >= 4 is 21.2 Å². The lowest BCUT2D eigenvalue weighted by atomic mass is 10.1. The maximum Gasteiger partial charge on any atom is 0.206 e. The Bertz CT molecular complexity index is 723. The van der Waals surface area contributed by atoms with Gasteiger partial charge in [0.15, 0.2) is 0 Å². The number of aliphatic hydroxyl groups is 1. The van der Waals surface area contributed by atoms with Crippen LogP contribution in [0.3, 0.4) is 0 Å². The topological polar surface area (TPSA) is 106 Å². The molecular weight excluding hydrogens is 276 g/mol. The molecule has 2 aromatic rings. The van der Waals surface area contributed by atoms with E-state index in [1.54, 1.807) is 0 Å². The van der Waals surface area contributed by atoms with Crippen LogP contribution in [-0.4, -0.2) is 13.5 Å². The summed E-state index contributed by atoms with van der Waals surface area (Å²) in [6, 6.07) is 10.3. The standard InChI is InChI=1S/C14H16N2O3S/c1-9(17)13-8-11(16)4-7-14(13)20(18,19)12-5-2-10(15)3-6-12/h2-9,17H,15-16H2,1H3. The van der Waals surface area contributed by atoms with Crippen LogP contribution in [0.4, 0.5) is 11.4 Å². The molecule has 5 nitrogen and oxygen atoms in total. The van der Waals surface area contributed by atoms with Gasteiger partial charge in [-0.25, -0.2) is 8.42 Å². The molecule has 0 radical (unpaired) electrons. The molecule has 106 valence electrons. The van der Waals surface area contributed by atoms with Crippen LogP contribution in [0.1, 0.15) is 18.6 Å². The van der Waals surface area contributed by atoms with Gasteiger partial charge in [-0.15, -0.1) is 0 Å². The van der Waals surface area contributed by atoms with Crippen LogP contribution >= 0.6 is 0 Å². The van der Waals surface area contributed by atoms with Crippen molar-refractivity contribution in [1.82, 2.24) is 0 Å². The second-order valence-corrected chi connectivity index (χ2v) is 6.46. The lowest BCUT2D eigenvalue weighted by Crippen LogP contribution is -2.08. The molecule has 0 saturated heterocycles. The van der Waals surface area contributed by atoms with E-state index in [1.165, 1.54) is 49.4 Å². The first kappa shape index (κ1) is 14.4. The van der Waals surface area contributed by atoms with Crippen molar-refractivity contribution in [2.24, 2.45) is 0 Å². The van der Waals surface area contributed by atoms with Crippen molar-refractivity contribution < 1.29 is 13.5 Å². The number of rotatable bonds is 3. The predicted molar refractivity (Wildman–Crippen MR) is 77.8 cm³/mol. The number of aliphatic hydroxyl groups excluding tert-OH is 1. The highest BCUT2D eigenvalue weighted by Crippen LogP contribution is 2.29. The van der Waals surface area contributed by atoms with Crippen molar-refractivity contribution in [1.29, 1.82) is 0 Å². The fraction of sp³-hybridized carbons (Fsp3) is 0.143. The summed E-state index contributed by atoms with van der Waals surface area (Å²) in [7, 11) is -3.72. The molecule has 6 heteroatoms. The molecule has 1 unspecified atom stereocenters. The van der Waals surface area contributed by atoms with Crippen LogP contribution in [-0.2, 0) is 9.84 Å². The molecule has 0 aliphatic rings. The van der Waals surface area contributed by atoms with E-state index in [9.17, 15) is 13.5 Å². The highest BCUT2D eigenvalue weighted by atomic mass is 32.2. The molecule has 0 saturated carbocycles. The summed E-state index contributed by atoms with van der Waals surface area (Å²) in [5, 5.41) is 9.74. The van der Waals surface area contributed by atoms with E-state index in [1.807, 2.05) is 0 Å². The summed E-state index contributed by atoms with van der Waals surface area (Å²) < 4.78 is 25.2. The number of benzene rings is 2. The van der Waals surface area contributed by atoms with E-state index in [4.69, 9.17) is 11.5 Å². The molecule has 0 heterocycles. The lowest BCUT2D eigenvalue weighted by Gasteiger charge is -2.13. The molecule has 0 spiro atoms. The molecule has 0 bridgehead atoms. The van der Waals surface area contributed by atoms with Gasteiger partial charge in [0.1, 0.15) is 0 Å². The second kappa shape index (κ2) is 5.15. The summed E-state index contributed by atoms with van der Waals surface area (Å²) in [5.41, 5.74) is 12.4. The highest BCUT2D eigenvalue weighted by molar-refractivity contribution is 7.91. The molecule has 0 aliphatic heterocycles. The second-order valence-electron chi connectivity index (χ2n) is 4.55. The van der Waals surface area contributed by atoms with Crippen LogP contribution in [0.2, 0.25) is 0 Å². The van der Waals surface area contributed by atoms with Gasteiger partial charge in [-0.2, -0.15) is 0 Å². The molecule has 0 amide bonds. The predicted octanol–water partition coefficient (Wildman–Crippen LogP) is 1.74. The minimum Gasteiger partial charge on any atom is -0.399 e. The van der Waals surface area contributed by atoms with Crippen molar-refractivity contribution in [3.63, 3.8) is 0 Å². The Balaban J connectivity index is 2.63. The van der Waals surface area contributed by atoms with E-state index in [0.29, 0.717) is 11.4 Å². The van der Waals surface area contributed by atoms with Crippen LogP contribution in [0, 0.1) is 0 Å². The third-order valence-corrected chi connectivity index (χ3v) is 4.81. The SMILES string of the molecule is CC(O)c1cc(N)ccc1S(=O)(=O)c1ccc(N)cc1. The summed E-state index contributed by atoms with van der Waals surface area (Å²) in [5.74, 6) is 0. The Labute approximate surface area is 117 Å². The normalized spacial score (nSPS) is 13.1. The Morgan fingerprint density at radius 3 is 2.10 bits per heavy atom. The van der Waals surface area contributed by atoms with Gasteiger partial charge in [0.25, 0.3) is 0 Å². The largest absolute Gasteiger partial charge is 0.399 e.